The molecule has 0 aliphatic carbocycles. The maximum atomic E-state index is 5.81. The summed E-state index contributed by atoms with van der Waals surface area (Å²) < 4.78 is 12.5. The second-order valence-corrected chi connectivity index (χ2v) is 4.53. The third-order valence-corrected chi connectivity index (χ3v) is 2.98. The molecule has 5 nitrogen and oxygen atoms in total. The number of anilines is 1. The van der Waals surface area contributed by atoms with E-state index in [0.29, 0.717) is 13.2 Å². The molecule has 1 aromatic heterocycles. The van der Waals surface area contributed by atoms with Crippen LogP contribution in [0.4, 0.5) is 5.69 Å². The first kappa shape index (κ1) is 14.6. The number of imidazole rings is 1. The Bertz CT molecular complexity index is 525. The van der Waals surface area contributed by atoms with Gasteiger partial charge in [0.05, 0.1) is 13.2 Å². The van der Waals surface area contributed by atoms with E-state index in [4.69, 9.17) is 15.2 Å². The summed E-state index contributed by atoms with van der Waals surface area (Å²) in [5, 5.41) is 0. The largest absolute Gasteiger partial charge is 0.399 e. The van der Waals surface area contributed by atoms with Gasteiger partial charge in [-0.15, -0.1) is 0 Å². The number of ether oxygens (including phenoxy) is 2. The molecule has 0 aliphatic rings. The number of hydrogen-bond donors (Lipinski definition) is 1. The maximum Gasteiger partial charge on any atom is 0.139 e. The lowest BCUT2D eigenvalue weighted by Crippen LogP contribution is -2.06. The van der Waals surface area contributed by atoms with Crippen molar-refractivity contribution in [3.05, 3.63) is 36.7 Å². The normalized spacial score (nSPS) is 10.8. The second kappa shape index (κ2) is 7.67. The van der Waals surface area contributed by atoms with Gasteiger partial charge < -0.3 is 19.8 Å². The Hall–Kier alpha value is -1.85. The average molecular weight is 275 g/mol. The fraction of sp³-hybridized carbons (Fsp3) is 0.400. The molecule has 2 N–H and O–H groups in total. The molecule has 1 heterocycles. The molecule has 0 bridgehead atoms. The van der Waals surface area contributed by atoms with Crippen LogP contribution < -0.4 is 5.73 Å². The molecule has 1 aromatic carbocycles. The molecule has 2 rings (SSSR count). The number of aryl methyl sites for hydroxylation is 1. The molecule has 0 saturated heterocycles. The highest BCUT2D eigenvalue weighted by Gasteiger charge is 2.05. The van der Waals surface area contributed by atoms with Gasteiger partial charge in [0.2, 0.25) is 0 Å². The van der Waals surface area contributed by atoms with Gasteiger partial charge in [0, 0.05) is 43.9 Å². The van der Waals surface area contributed by atoms with Crippen molar-refractivity contribution in [3.63, 3.8) is 0 Å². The van der Waals surface area contributed by atoms with Crippen molar-refractivity contribution in [2.24, 2.45) is 0 Å². The van der Waals surface area contributed by atoms with Crippen LogP contribution in [0.3, 0.4) is 0 Å². The summed E-state index contributed by atoms with van der Waals surface area (Å²) in [7, 11) is 1.67. The highest BCUT2D eigenvalue weighted by Crippen LogP contribution is 2.19. The Morgan fingerprint density at radius 3 is 2.95 bits per heavy atom. The van der Waals surface area contributed by atoms with Crippen molar-refractivity contribution < 1.29 is 9.47 Å². The van der Waals surface area contributed by atoms with E-state index < -0.39 is 0 Å². The molecule has 0 fully saturated rings. The zero-order valence-corrected chi connectivity index (χ0v) is 11.8. The van der Waals surface area contributed by atoms with E-state index in [0.717, 1.165) is 36.6 Å². The van der Waals surface area contributed by atoms with Crippen LogP contribution in [-0.4, -0.2) is 36.5 Å². The van der Waals surface area contributed by atoms with Gasteiger partial charge in [0.15, 0.2) is 0 Å². The number of methoxy groups -OCH3 is 1. The summed E-state index contributed by atoms with van der Waals surface area (Å²) in [6, 6.07) is 7.77. The third kappa shape index (κ3) is 4.08. The van der Waals surface area contributed by atoms with E-state index in [-0.39, 0.29) is 0 Å². The fourth-order valence-electron chi connectivity index (χ4n) is 2.01. The van der Waals surface area contributed by atoms with Crippen LogP contribution in [0.2, 0.25) is 0 Å². The number of nitrogens with zero attached hydrogens (tertiary/aromatic N) is 2. The van der Waals surface area contributed by atoms with Crippen molar-refractivity contribution in [1.82, 2.24) is 9.55 Å². The SMILES string of the molecule is COCCOCCCn1ccnc1-c1cccc(N)c1. The number of nitrogens with two attached hydrogens (primary N) is 1. The van der Waals surface area contributed by atoms with Crippen LogP contribution in [-0.2, 0) is 16.0 Å². The Balaban J connectivity index is 1.89. The fourth-order valence-corrected chi connectivity index (χ4v) is 2.01. The molecule has 0 amide bonds. The lowest BCUT2D eigenvalue weighted by Gasteiger charge is -2.09. The van der Waals surface area contributed by atoms with Crippen molar-refractivity contribution >= 4 is 5.69 Å². The maximum absolute atomic E-state index is 5.81. The zero-order chi connectivity index (χ0) is 14.2. The second-order valence-electron chi connectivity index (χ2n) is 4.53. The number of hydrogen-bond acceptors (Lipinski definition) is 4. The molecule has 2 aromatic rings. The van der Waals surface area contributed by atoms with Crippen LogP contribution in [0.1, 0.15) is 6.42 Å². The minimum atomic E-state index is 0.639. The van der Waals surface area contributed by atoms with Crippen LogP contribution in [0.5, 0.6) is 0 Å². The average Bonchev–Trinajstić information content (AvgIpc) is 2.91. The molecular weight excluding hydrogens is 254 g/mol. The van der Waals surface area contributed by atoms with E-state index in [2.05, 4.69) is 9.55 Å². The molecule has 20 heavy (non-hydrogen) atoms. The third-order valence-electron chi connectivity index (χ3n) is 2.98. The van der Waals surface area contributed by atoms with Crippen molar-refractivity contribution in [3.8, 4) is 11.4 Å². The monoisotopic (exact) mass is 275 g/mol. The first-order chi connectivity index (χ1) is 9.81. The summed E-state index contributed by atoms with van der Waals surface area (Å²) in [6.45, 7) is 2.87. The Morgan fingerprint density at radius 2 is 2.15 bits per heavy atom. The lowest BCUT2D eigenvalue weighted by atomic mass is 10.2. The summed E-state index contributed by atoms with van der Waals surface area (Å²) in [6.07, 6.45) is 4.73. The minimum Gasteiger partial charge on any atom is -0.399 e. The van der Waals surface area contributed by atoms with Crippen molar-refractivity contribution in [2.45, 2.75) is 13.0 Å². The minimum absolute atomic E-state index is 0.639. The summed E-state index contributed by atoms with van der Waals surface area (Å²) in [4.78, 5) is 4.40. The molecule has 0 aliphatic heterocycles. The van der Waals surface area contributed by atoms with Gasteiger partial charge in [0.25, 0.3) is 0 Å². The first-order valence-corrected chi connectivity index (χ1v) is 6.75. The van der Waals surface area contributed by atoms with Gasteiger partial charge >= 0.3 is 0 Å². The lowest BCUT2D eigenvalue weighted by molar-refractivity contribution is 0.0680. The highest BCUT2D eigenvalue weighted by molar-refractivity contribution is 5.61. The summed E-state index contributed by atoms with van der Waals surface area (Å²) in [5.74, 6) is 0.939. The van der Waals surface area contributed by atoms with Gasteiger partial charge in [-0.3, -0.25) is 0 Å². The van der Waals surface area contributed by atoms with Gasteiger partial charge in [0.1, 0.15) is 5.82 Å². The van der Waals surface area contributed by atoms with Gasteiger partial charge in [-0.05, 0) is 18.6 Å². The molecule has 0 saturated carbocycles. The van der Waals surface area contributed by atoms with E-state index >= 15 is 0 Å². The number of aromatic nitrogens is 2. The smallest absolute Gasteiger partial charge is 0.139 e. The molecule has 0 radical (unpaired) electrons. The van der Waals surface area contributed by atoms with Gasteiger partial charge in [-0.2, -0.15) is 0 Å². The number of nitrogen functional groups attached to an aromatic ring is 1. The van der Waals surface area contributed by atoms with Gasteiger partial charge in [-0.25, -0.2) is 4.98 Å². The molecular formula is C15H21N3O2. The van der Waals surface area contributed by atoms with Crippen LogP contribution in [0.15, 0.2) is 36.7 Å². The standard InChI is InChI=1S/C15H21N3O2/c1-19-10-11-20-9-3-7-18-8-6-17-15(18)13-4-2-5-14(16)12-13/h2,4-6,8,12H,3,7,9-11,16H2,1H3. The molecule has 0 spiro atoms. The first-order valence-electron chi connectivity index (χ1n) is 6.75. The van der Waals surface area contributed by atoms with Crippen LogP contribution in [0.25, 0.3) is 11.4 Å². The number of benzene rings is 1. The molecule has 5 heteroatoms. The predicted molar refractivity (Wildman–Crippen MR) is 79.4 cm³/mol. The van der Waals surface area contributed by atoms with Crippen LogP contribution in [0, 0.1) is 0 Å². The molecule has 0 unspecified atom stereocenters. The van der Waals surface area contributed by atoms with E-state index in [1.807, 2.05) is 36.7 Å². The van der Waals surface area contributed by atoms with Crippen LogP contribution >= 0.6 is 0 Å². The van der Waals surface area contributed by atoms with Gasteiger partial charge in [-0.1, -0.05) is 12.1 Å². The van der Waals surface area contributed by atoms with E-state index in [9.17, 15) is 0 Å². The summed E-state index contributed by atoms with van der Waals surface area (Å²) in [5.41, 5.74) is 7.60. The van der Waals surface area contributed by atoms with Crippen molar-refractivity contribution in [2.75, 3.05) is 32.7 Å². The van der Waals surface area contributed by atoms with E-state index in [1.54, 1.807) is 7.11 Å². The van der Waals surface area contributed by atoms with E-state index in [1.165, 1.54) is 0 Å². The topological polar surface area (TPSA) is 62.3 Å². The summed E-state index contributed by atoms with van der Waals surface area (Å²) >= 11 is 0. The quantitative estimate of drug-likeness (QED) is 0.592. The predicted octanol–water partition coefficient (Wildman–Crippen LogP) is 2.19. The Kier molecular flexibility index (Phi) is 5.58. The zero-order valence-electron chi connectivity index (χ0n) is 11.8. The number of rotatable bonds is 8. The van der Waals surface area contributed by atoms with Crippen molar-refractivity contribution in [1.29, 1.82) is 0 Å². The Morgan fingerprint density at radius 1 is 1.25 bits per heavy atom. The Labute approximate surface area is 119 Å². The molecule has 108 valence electrons. The molecule has 0 atom stereocenters. The highest BCUT2D eigenvalue weighted by atomic mass is 16.5.